The molecule has 12 heteroatoms. The molecule has 3 rings (SSSR count). The van der Waals surface area contributed by atoms with E-state index in [1.807, 2.05) is 0 Å². The number of ketones is 2. The highest BCUT2D eigenvalue weighted by molar-refractivity contribution is 6.62. The second-order valence-electron chi connectivity index (χ2n) is 7.89. The van der Waals surface area contributed by atoms with Crippen LogP contribution in [0.5, 0.6) is 0 Å². The lowest BCUT2D eigenvalue weighted by atomic mass is 9.91. The van der Waals surface area contributed by atoms with Crippen molar-refractivity contribution in [2.45, 2.75) is 0 Å². The molecule has 0 radical (unpaired) electrons. The molecule has 0 aromatic heterocycles. The van der Waals surface area contributed by atoms with Gasteiger partial charge < -0.3 is 18.9 Å². The van der Waals surface area contributed by atoms with Gasteiger partial charge in [-0.3, -0.25) is 9.59 Å². The summed E-state index contributed by atoms with van der Waals surface area (Å²) in [6, 6.07) is 11.8. The van der Waals surface area contributed by atoms with Crippen LogP contribution in [0.15, 0.2) is 70.8 Å². The van der Waals surface area contributed by atoms with Gasteiger partial charge in [0, 0.05) is 21.2 Å². The molecule has 0 aliphatic heterocycles. The van der Waals surface area contributed by atoms with Gasteiger partial charge in [-0.05, 0) is 35.4 Å². The van der Waals surface area contributed by atoms with Gasteiger partial charge in [0.1, 0.15) is 0 Å². The highest BCUT2D eigenvalue weighted by Gasteiger charge is 2.45. The molecule has 1 aliphatic carbocycles. The van der Waals surface area contributed by atoms with Gasteiger partial charge in [-0.15, -0.1) is 0 Å². The zero-order valence-electron chi connectivity index (χ0n) is 21.5. The molecular formula is C28H20Cl2O10. The van der Waals surface area contributed by atoms with Crippen LogP contribution in [0.2, 0.25) is 10.0 Å². The van der Waals surface area contributed by atoms with Gasteiger partial charge >= 0.3 is 23.9 Å². The van der Waals surface area contributed by atoms with Gasteiger partial charge in [0.2, 0.25) is 0 Å². The number of allylic oxidation sites excluding steroid dienone is 3. The Morgan fingerprint density at radius 2 is 0.850 bits per heavy atom. The number of carbonyl (C=O) groups excluding carboxylic acids is 6. The molecule has 0 spiro atoms. The van der Waals surface area contributed by atoms with Gasteiger partial charge in [-0.2, -0.15) is 0 Å². The quantitative estimate of drug-likeness (QED) is 0.156. The van der Waals surface area contributed by atoms with E-state index in [2.05, 4.69) is 9.47 Å². The number of carbonyl (C=O) groups is 6. The summed E-state index contributed by atoms with van der Waals surface area (Å²) < 4.78 is 18.7. The van der Waals surface area contributed by atoms with E-state index in [0.717, 1.165) is 28.4 Å². The van der Waals surface area contributed by atoms with Crippen molar-refractivity contribution in [3.63, 3.8) is 0 Å². The predicted molar refractivity (Wildman–Crippen MR) is 142 cm³/mol. The molecule has 0 heterocycles. The third-order valence-corrected chi connectivity index (χ3v) is 6.24. The van der Waals surface area contributed by atoms with E-state index >= 15 is 0 Å². The second-order valence-corrected chi connectivity index (χ2v) is 8.76. The standard InChI is InChI=1S/C28H20Cl2O10/c1-37-25(33)19(20(26(34)38-2)22(27(35)39-3)28(36)40-4)21-23(31)17(13-5-9-15(29)10-6-13)18(24(21)32)14-7-11-16(30)12-8-14/h5-12H,1-4H3. The summed E-state index contributed by atoms with van der Waals surface area (Å²) in [6.45, 7) is 0. The number of hydrogen-bond acceptors (Lipinski definition) is 10. The summed E-state index contributed by atoms with van der Waals surface area (Å²) in [5.74, 6) is -7.64. The SMILES string of the molecule is COC(=O)C(C(=O)OC)=C(C(=O)OC)C(C(=O)OC)=C1C(=O)C(c2ccc(Cl)cc2)=C(c2ccc(Cl)cc2)C1=O. The van der Waals surface area contributed by atoms with Crippen LogP contribution in [0.4, 0.5) is 0 Å². The number of benzene rings is 2. The van der Waals surface area contributed by atoms with Crippen LogP contribution in [0.1, 0.15) is 11.1 Å². The highest BCUT2D eigenvalue weighted by atomic mass is 35.5. The Labute approximate surface area is 237 Å². The van der Waals surface area contributed by atoms with Gasteiger partial charge in [0.15, 0.2) is 17.1 Å². The minimum Gasteiger partial charge on any atom is -0.465 e. The predicted octanol–water partition coefficient (Wildman–Crippen LogP) is 3.34. The third-order valence-electron chi connectivity index (χ3n) is 5.73. The maximum atomic E-state index is 14.0. The maximum absolute atomic E-state index is 14.0. The zero-order valence-corrected chi connectivity index (χ0v) is 23.0. The monoisotopic (exact) mass is 586 g/mol. The molecular weight excluding hydrogens is 567 g/mol. The minimum atomic E-state index is -1.42. The van der Waals surface area contributed by atoms with Crippen LogP contribution in [0.3, 0.4) is 0 Å². The molecule has 0 bridgehead atoms. The van der Waals surface area contributed by atoms with Crippen molar-refractivity contribution in [1.82, 2.24) is 0 Å². The van der Waals surface area contributed by atoms with Crippen molar-refractivity contribution in [2.75, 3.05) is 28.4 Å². The molecule has 1 aliphatic rings. The van der Waals surface area contributed by atoms with E-state index < -0.39 is 57.7 Å². The smallest absolute Gasteiger partial charge is 0.346 e. The first-order chi connectivity index (χ1) is 19.0. The number of hydrogen-bond donors (Lipinski definition) is 0. The topological polar surface area (TPSA) is 139 Å². The molecule has 0 saturated heterocycles. The van der Waals surface area contributed by atoms with Crippen molar-refractivity contribution >= 4 is 69.8 Å². The average molecular weight is 587 g/mol. The molecule has 0 saturated carbocycles. The van der Waals surface area contributed by atoms with Gasteiger partial charge in [-0.1, -0.05) is 47.5 Å². The lowest BCUT2D eigenvalue weighted by Gasteiger charge is -2.15. The van der Waals surface area contributed by atoms with E-state index in [4.69, 9.17) is 32.7 Å². The summed E-state index contributed by atoms with van der Waals surface area (Å²) in [5, 5.41) is 0.689. The minimum absolute atomic E-state index is 0.151. The zero-order chi connectivity index (χ0) is 29.7. The lowest BCUT2D eigenvalue weighted by Crippen LogP contribution is -2.28. The summed E-state index contributed by atoms with van der Waals surface area (Å²) in [6.07, 6.45) is 0. The van der Waals surface area contributed by atoms with Crippen molar-refractivity contribution < 1.29 is 47.7 Å². The Hall–Kier alpha value is -4.54. The number of ether oxygens (including phenoxy) is 4. The average Bonchev–Trinajstić information content (AvgIpc) is 3.21. The van der Waals surface area contributed by atoms with Crippen molar-refractivity contribution in [2.24, 2.45) is 0 Å². The molecule has 40 heavy (non-hydrogen) atoms. The first-order valence-electron chi connectivity index (χ1n) is 11.2. The Morgan fingerprint density at radius 3 is 1.18 bits per heavy atom. The second kappa shape index (κ2) is 12.5. The molecule has 0 unspecified atom stereocenters. The molecule has 0 atom stereocenters. The Morgan fingerprint density at radius 1 is 0.525 bits per heavy atom. The fourth-order valence-electron chi connectivity index (χ4n) is 3.95. The summed E-state index contributed by atoms with van der Waals surface area (Å²) in [7, 11) is 3.60. The molecule has 0 N–H and O–H groups in total. The van der Waals surface area contributed by atoms with E-state index in [-0.39, 0.29) is 22.3 Å². The number of Topliss-reactive ketones (excluding diaryl/α,β-unsaturated/α-hetero) is 2. The van der Waals surface area contributed by atoms with Crippen molar-refractivity contribution in [3.8, 4) is 0 Å². The highest BCUT2D eigenvalue weighted by Crippen LogP contribution is 2.41. The Kier molecular flexibility index (Phi) is 9.41. The largest absolute Gasteiger partial charge is 0.465 e. The van der Waals surface area contributed by atoms with Gasteiger partial charge in [0.05, 0.1) is 45.2 Å². The number of esters is 4. The maximum Gasteiger partial charge on any atom is 0.346 e. The van der Waals surface area contributed by atoms with E-state index in [1.165, 1.54) is 48.5 Å². The van der Waals surface area contributed by atoms with Crippen LogP contribution in [0.25, 0.3) is 11.1 Å². The lowest BCUT2D eigenvalue weighted by molar-refractivity contribution is -0.146. The Balaban J connectivity index is 2.53. The summed E-state index contributed by atoms with van der Waals surface area (Å²) >= 11 is 12.0. The first-order valence-corrected chi connectivity index (χ1v) is 12.0. The molecule has 206 valence electrons. The summed E-state index contributed by atoms with van der Waals surface area (Å²) in [4.78, 5) is 79.5. The van der Waals surface area contributed by atoms with Gasteiger partial charge in [-0.25, -0.2) is 19.2 Å². The van der Waals surface area contributed by atoms with E-state index in [9.17, 15) is 28.8 Å². The van der Waals surface area contributed by atoms with E-state index in [1.54, 1.807) is 0 Å². The van der Waals surface area contributed by atoms with Crippen LogP contribution in [0, 0.1) is 0 Å². The number of rotatable bonds is 7. The Bertz CT molecular complexity index is 1440. The van der Waals surface area contributed by atoms with Gasteiger partial charge in [0.25, 0.3) is 0 Å². The van der Waals surface area contributed by atoms with Crippen LogP contribution >= 0.6 is 23.2 Å². The fourth-order valence-corrected chi connectivity index (χ4v) is 4.20. The van der Waals surface area contributed by atoms with E-state index in [0.29, 0.717) is 10.0 Å². The summed E-state index contributed by atoms with van der Waals surface area (Å²) in [5.41, 5.74) is -3.81. The van der Waals surface area contributed by atoms with Crippen molar-refractivity contribution in [1.29, 1.82) is 0 Å². The van der Waals surface area contributed by atoms with Crippen LogP contribution < -0.4 is 0 Å². The third kappa shape index (κ3) is 5.58. The normalized spacial score (nSPS) is 12.6. The molecule has 10 nitrogen and oxygen atoms in total. The molecule has 2 aromatic carbocycles. The number of halogens is 2. The van der Waals surface area contributed by atoms with Crippen LogP contribution in [-0.4, -0.2) is 63.9 Å². The molecule has 0 amide bonds. The fraction of sp³-hybridized carbons (Fsp3) is 0.143. The number of methoxy groups -OCH3 is 4. The van der Waals surface area contributed by atoms with Crippen LogP contribution in [-0.2, 0) is 47.7 Å². The molecule has 0 fully saturated rings. The van der Waals surface area contributed by atoms with Crippen molar-refractivity contribution in [3.05, 3.63) is 92.0 Å². The molecule has 2 aromatic rings. The first kappa shape index (κ1) is 30.0.